The Morgan fingerprint density at radius 2 is 0.877 bits per heavy atom. The molecule has 73 heavy (non-hydrogen) atoms. The van der Waals surface area contributed by atoms with Crippen LogP contribution in [0.25, 0.3) is 0 Å². The average Bonchev–Trinajstić information content (AvgIpc) is 3.39. The number of amides is 4. The van der Waals surface area contributed by atoms with Gasteiger partial charge in [-0.2, -0.15) is 0 Å². The van der Waals surface area contributed by atoms with E-state index in [9.17, 15) is 19.2 Å². The van der Waals surface area contributed by atoms with E-state index in [0.29, 0.717) is 32.7 Å². The Bertz CT molecular complexity index is 2850. The van der Waals surface area contributed by atoms with Crippen molar-refractivity contribution in [3.63, 3.8) is 0 Å². The van der Waals surface area contributed by atoms with Crippen molar-refractivity contribution < 1.29 is 55.3 Å². The van der Waals surface area contributed by atoms with Crippen molar-refractivity contribution in [2.75, 3.05) is 25.7 Å². The smallest absolute Gasteiger partial charge is 0.418 e. The van der Waals surface area contributed by atoms with Crippen LogP contribution in [0.4, 0.5) is 11.4 Å². The third kappa shape index (κ3) is 15.7. The molecule has 0 saturated carbocycles. The lowest BCUT2D eigenvalue weighted by atomic mass is 10.0. The van der Waals surface area contributed by atoms with Crippen LogP contribution >= 0.6 is 70.2 Å². The van der Waals surface area contributed by atoms with E-state index in [0.717, 1.165) is 42.8 Å². The Morgan fingerprint density at radius 3 is 1.16 bits per heavy atom. The van der Waals surface area contributed by atoms with Crippen molar-refractivity contribution >= 4 is 124 Å². The van der Waals surface area contributed by atoms with E-state index >= 15 is 0 Å². The standard InChI is InChI=1S/2C26H23ClN2O3S2.H2O4S/c2*1-3-33-26-29(20-13-15-21(32-2)16-14-20)25(31)22(28-24(30)18-7-5-4-6-8-18)23(34-26)17-9-11-19(27)12-10-17;1-5(2,3)4/h2*4-16,22-23H,3H2,1-2H3;(H2,1,2,3,4)/t2*22-,23+;/m00./s1. The highest BCUT2D eigenvalue weighted by Crippen LogP contribution is 2.44. The molecule has 14 nitrogen and oxygen atoms in total. The Morgan fingerprint density at radius 1 is 0.562 bits per heavy atom. The largest absolute Gasteiger partial charge is 0.759 e. The molecule has 0 aromatic heterocycles. The van der Waals surface area contributed by atoms with Gasteiger partial charge in [0, 0.05) is 67.3 Å². The predicted octanol–water partition coefficient (Wildman–Crippen LogP) is 10.5. The normalized spacial score (nSPS) is 17.6. The number of halogens is 2. The number of nitrogens with one attached hydrogen (secondary N) is 2. The summed E-state index contributed by atoms with van der Waals surface area (Å²) in [5.74, 6) is 2.05. The number of hydrogen-bond acceptors (Lipinski definition) is 14. The zero-order valence-corrected chi connectivity index (χ0v) is 45.1. The molecule has 4 amide bonds. The Labute approximate surface area is 450 Å². The molecule has 380 valence electrons. The summed E-state index contributed by atoms with van der Waals surface area (Å²) in [5.41, 5.74) is 4.30. The van der Waals surface area contributed by atoms with Crippen LogP contribution < -0.4 is 20.1 Å². The minimum atomic E-state index is -5.17. The van der Waals surface area contributed by atoms with Gasteiger partial charge in [-0.25, -0.2) is 9.59 Å². The maximum atomic E-state index is 14.0. The summed E-state index contributed by atoms with van der Waals surface area (Å²) in [6.45, 7) is 4.10. The fraction of sp³-hybridized carbons (Fsp3) is 0.192. The van der Waals surface area contributed by atoms with Gasteiger partial charge in [-0.15, -0.1) is 9.15 Å². The van der Waals surface area contributed by atoms with E-state index in [-0.39, 0.29) is 34.1 Å². The van der Waals surface area contributed by atoms with Crippen LogP contribution in [0.5, 0.6) is 11.5 Å². The topological polar surface area (TPSA) is 197 Å². The van der Waals surface area contributed by atoms with Gasteiger partial charge < -0.3 is 29.2 Å². The number of benzene rings is 6. The Hall–Kier alpha value is -5.61. The van der Waals surface area contributed by atoms with Crippen molar-refractivity contribution in [2.24, 2.45) is 0 Å². The van der Waals surface area contributed by atoms with E-state index in [2.05, 4.69) is 24.5 Å². The molecule has 2 heterocycles. The summed E-state index contributed by atoms with van der Waals surface area (Å²) in [6, 6.07) is 45.9. The highest BCUT2D eigenvalue weighted by atomic mass is 35.5. The summed E-state index contributed by atoms with van der Waals surface area (Å²) in [5, 5.41) is 6.63. The van der Waals surface area contributed by atoms with Crippen LogP contribution in [0.1, 0.15) is 56.2 Å². The quantitative estimate of drug-likeness (QED) is 0.0667. The van der Waals surface area contributed by atoms with E-state index in [1.54, 1.807) is 143 Å². The lowest BCUT2D eigenvalue weighted by Gasteiger charge is -2.28. The minimum Gasteiger partial charge on any atom is -0.759 e. The molecule has 8 rings (SSSR count). The van der Waals surface area contributed by atoms with Crippen LogP contribution in [0.15, 0.2) is 158 Å². The van der Waals surface area contributed by atoms with Crippen molar-refractivity contribution in [1.82, 2.24) is 10.6 Å². The van der Waals surface area contributed by atoms with Gasteiger partial charge in [-0.3, -0.25) is 18.0 Å². The molecule has 0 spiro atoms. The van der Waals surface area contributed by atoms with Crippen LogP contribution in [-0.4, -0.2) is 96.9 Å². The maximum absolute atomic E-state index is 14.0. The molecular weight excluding hydrogens is 1070 g/mol. The van der Waals surface area contributed by atoms with Crippen molar-refractivity contribution in [3.05, 3.63) is 190 Å². The van der Waals surface area contributed by atoms with Crippen LogP contribution in [0.2, 0.25) is 10.0 Å². The highest BCUT2D eigenvalue weighted by Gasteiger charge is 2.49. The number of carbonyl (C=O) groups excluding carboxylic acids is 4. The van der Waals surface area contributed by atoms with Gasteiger partial charge in [0.05, 0.1) is 24.7 Å². The number of methoxy groups -OCH3 is 2. The molecule has 4 atom stereocenters. The van der Waals surface area contributed by atoms with Crippen molar-refractivity contribution in [1.29, 1.82) is 0 Å². The molecule has 0 fully saturated rings. The van der Waals surface area contributed by atoms with Gasteiger partial charge >= 0.3 is 11.8 Å². The first kappa shape index (κ1) is 56.7. The molecule has 6 aromatic carbocycles. The number of nitrogens with zero attached hydrogens (tertiary/aromatic N) is 2. The van der Waals surface area contributed by atoms with Gasteiger partial charge in [0.2, 0.25) is 11.4 Å². The SMILES string of the molecule is CCSC1=[N+](c2ccc(OC)cc2)C(=O)[C@@H](NC(=O)c2ccccc2)[C@@H](c2ccc(Cl)cc2)S1.CCSC1=[N+](c2ccc(OC)cc2)C(=O)[C@@H](NC(=O)c2ccccc2)[C@@H](c2ccc(Cl)cc2)S1.O=S(=O)([O-])[O-]. The van der Waals surface area contributed by atoms with Gasteiger partial charge in [0.1, 0.15) is 11.5 Å². The molecule has 0 aliphatic carbocycles. The number of thioether (sulfide) groups is 4. The molecule has 0 radical (unpaired) electrons. The van der Waals surface area contributed by atoms with E-state index in [1.165, 1.54) is 0 Å². The first-order chi connectivity index (χ1) is 35.0. The zero-order chi connectivity index (χ0) is 52.7. The predicted molar refractivity (Wildman–Crippen MR) is 292 cm³/mol. The third-order valence-corrected chi connectivity index (χ3v) is 16.2. The summed E-state index contributed by atoms with van der Waals surface area (Å²) in [6.07, 6.45) is 0. The molecule has 0 unspecified atom stereocenters. The Balaban J connectivity index is 0.000000218. The molecule has 6 aromatic rings. The van der Waals surface area contributed by atoms with Crippen molar-refractivity contribution in [3.8, 4) is 11.5 Å². The number of rotatable bonds is 12. The Kier molecular flexibility index (Phi) is 21.0. The first-order valence-corrected chi connectivity index (χ1v) is 28.0. The van der Waals surface area contributed by atoms with Gasteiger partial charge in [-0.05, 0) is 131 Å². The van der Waals surface area contributed by atoms with Crippen LogP contribution in [0, 0.1) is 0 Å². The summed E-state index contributed by atoms with van der Waals surface area (Å²) in [7, 11) is -1.96. The second kappa shape index (κ2) is 27.1. The fourth-order valence-corrected chi connectivity index (χ4v) is 12.8. The summed E-state index contributed by atoms with van der Waals surface area (Å²) < 4.78 is 49.8. The number of ether oxygens (including phenoxy) is 2. The monoisotopic (exact) mass is 1120 g/mol. The summed E-state index contributed by atoms with van der Waals surface area (Å²) in [4.78, 5) is 54.1. The first-order valence-electron chi connectivity index (χ1n) is 22.2. The third-order valence-electron chi connectivity index (χ3n) is 10.6. The number of carbonyl (C=O) groups is 4. The lowest BCUT2D eigenvalue weighted by Crippen LogP contribution is -2.50. The average molecular weight is 1120 g/mol. The van der Waals surface area contributed by atoms with Crippen molar-refractivity contribution in [2.45, 2.75) is 36.4 Å². The molecule has 2 aliphatic heterocycles. The van der Waals surface area contributed by atoms with Gasteiger partial charge in [0.25, 0.3) is 20.6 Å². The lowest BCUT2D eigenvalue weighted by molar-refractivity contribution is -0.366. The minimum absolute atomic E-state index is 0.191. The van der Waals surface area contributed by atoms with Crippen LogP contribution in [-0.2, 0) is 20.0 Å². The van der Waals surface area contributed by atoms with E-state index < -0.39 is 22.5 Å². The molecule has 2 aliphatic rings. The van der Waals surface area contributed by atoms with E-state index in [4.69, 9.17) is 50.2 Å². The second-order valence-electron chi connectivity index (χ2n) is 15.4. The molecular formula is C52H48Cl2N4O10S5. The van der Waals surface area contributed by atoms with Crippen LogP contribution in [0.3, 0.4) is 0 Å². The zero-order valence-electron chi connectivity index (χ0n) is 39.5. The van der Waals surface area contributed by atoms with Gasteiger partial charge in [-0.1, -0.05) is 97.7 Å². The van der Waals surface area contributed by atoms with Gasteiger partial charge in [0.15, 0.2) is 12.1 Å². The molecule has 2 N–H and O–H groups in total. The fourth-order valence-electron chi connectivity index (χ4n) is 7.28. The second-order valence-corrected chi connectivity index (χ2v) is 22.3. The molecule has 0 bridgehead atoms. The van der Waals surface area contributed by atoms with E-state index in [1.807, 2.05) is 84.9 Å². The maximum Gasteiger partial charge on any atom is 0.418 e. The summed E-state index contributed by atoms with van der Waals surface area (Å²) >= 11 is 18.6. The molecule has 0 saturated heterocycles. The molecule has 21 heteroatoms. The number of hydrogen-bond donors (Lipinski definition) is 2. The highest BCUT2D eigenvalue weighted by molar-refractivity contribution is 8.39.